The van der Waals surface area contributed by atoms with Crippen LogP contribution in [0.3, 0.4) is 0 Å². The van der Waals surface area contributed by atoms with E-state index < -0.39 is 18.0 Å². The first kappa shape index (κ1) is 15.0. The Labute approximate surface area is 112 Å². The first-order chi connectivity index (χ1) is 8.40. The van der Waals surface area contributed by atoms with Gasteiger partial charge in [0.25, 0.3) is 0 Å². The van der Waals surface area contributed by atoms with E-state index in [-0.39, 0.29) is 12.3 Å². The Balaban J connectivity index is 2.72. The first-order valence-electron chi connectivity index (χ1n) is 6.05. The molecule has 0 bridgehead atoms. The second-order valence-corrected chi connectivity index (χ2v) is 5.35. The zero-order chi connectivity index (χ0) is 13.7. The average Bonchev–Trinajstić information content (AvgIpc) is 2.27. The number of hydrogen-bond acceptors (Lipinski definition) is 2. The summed E-state index contributed by atoms with van der Waals surface area (Å²) in [4.78, 5) is 11.2. The third kappa shape index (κ3) is 4.67. The molecule has 4 heteroatoms. The van der Waals surface area contributed by atoms with Crippen LogP contribution in [0.25, 0.3) is 0 Å². The predicted molar refractivity (Wildman–Crippen MR) is 71.7 cm³/mol. The molecule has 0 amide bonds. The molecule has 0 spiro atoms. The molecular weight excluding hydrogens is 252 g/mol. The van der Waals surface area contributed by atoms with Crippen molar-refractivity contribution in [2.45, 2.75) is 32.8 Å². The Bertz CT molecular complexity index is 404. The quantitative estimate of drug-likeness (QED) is 0.835. The molecule has 1 aromatic rings. The van der Waals surface area contributed by atoms with Gasteiger partial charge in [-0.3, -0.25) is 4.79 Å². The van der Waals surface area contributed by atoms with Gasteiger partial charge in [-0.25, -0.2) is 0 Å². The number of carbonyl (C=O) groups is 1. The largest absolute Gasteiger partial charge is 0.481 e. The van der Waals surface area contributed by atoms with Crippen LogP contribution in [0.1, 0.15) is 25.8 Å². The molecule has 0 fully saturated rings. The minimum Gasteiger partial charge on any atom is -0.481 e. The molecule has 2 unspecified atom stereocenters. The normalized spacial score (nSPS) is 14.5. The van der Waals surface area contributed by atoms with Crippen molar-refractivity contribution in [1.82, 2.24) is 0 Å². The van der Waals surface area contributed by atoms with E-state index in [0.29, 0.717) is 11.4 Å². The highest BCUT2D eigenvalue weighted by Gasteiger charge is 2.23. The van der Waals surface area contributed by atoms with Gasteiger partial charge in [0.05, 0.1) is 12.0 Å². The Kier molecular flexibility index (Phi) is 5.63. The number of hydrogen-bond donors (Lipinski definition) is 2. The average molecular weight is 271 g/mol. The number of halogens is 1. The molecular formula is C14H19ClO3. The molecule has 2 atom stereocenters. The second kappa shape index (κ2) is 6.76. The van der Waals surface area contributed by atoms with Crippen LogP contribution >= 0.6 is 11.6 Å². The summed E-state index contributed by atoms with van der Waals surface area (Å²) in [5.74, 6) is -1.40. The molecule has 0 aliphatic carbocycles. The van der Waals surface area contributed by atoms with Gasteiger partial charge in [-0.15, -0.1) is 0 Å². The summed E-state index contributed by atoms with van der Waals surface area (Å²) < 4.78 is 0. The smallest absolute Gasteiger partial charge is 0.306 e. The molecule has 0 aromatic heterocycles. The fourth-order valence-electron chi connectivity index (χ4n) is 1.78. The summed E-state index contributed by atoms with van der Waals surface area (Å²) in [5.41, 5.74) is 0.880. The molecule has 0 saturated carbocycles. The highest BCUT2D eigenvalue weighted by atomic mass is 35.5. The summed E-state index contributed by atoms with van der Waals surface area (Å²) >= 11 is 5.87. The summed E-state index contributed by atoms with van der Waals surface area (Å²) in [6, 6.07) is 7.17. The van der Waals surface area contributed by atoms with Crippen molar-refractivity contribution in [3.8, 4) is 0 Å². The van der Waals surface area contributed by atoms with E-state index in [0.717, 1.165) is 5.56 Å². The van der Waals surface area contributed by atoms with E-state index in [1.165, 1.54) is 0 Å². The SMILES string of the molecule is CC(C)C(O)CC(Cc1cccc(Cl)c1)C(=O)O. The summed E-state index contributed by atoms with van der Waals surface area (Å²) in [6.07, 6.45) is 0.0596. The monoisotopic (exact) mass is 270 g/mol. The summed E-state index contributed by atoms with van der Waals surface area (Å²) in [6.45, 7) is 3.76. The van der Waals surface area contributed by atoms with Gasteiger partial charge >= 0.3 is 5.97 Å². The lowest BCUT2D eigenvalue weighted by atomic mass is 9.90. The van der Waals surface area contributed by atoms with Crippen molar-refractivity contribution in [3.05, 3.63) is 34.9 Å². The molecule has 18 heavy (non-hydrogen) atoms. The molecule has 1 aromatic carbocycles. The van der Waals surface area contributed by atoms with Crippen LogP contribution in [0, 0.1) is 11.8 Å². The van der Waals surface area contributed by atoms with E-state index >= 15 is 0 Å². The Hall–Kier alpha value is -1.06. The van der Waals surface area contributed by atoms with Crippen molar-refractivity contribution in [3.63, 3.8) is 0 Å². The highest BCUT2D eigenvalue weighted by molar-refractivity contribution is 6.30. The second-order valence-electron chi connectivity index (χ2n) is 4.92. The van der Waals surface area contributed by atoms with Crippen LogP contribution in [0.2, 0.25) is 5.02 Å². The maximum absolute atomic E-state index is 11.2. The van der Waals surface area contributed by atoms with E-state index in [4.69, 9.17) is 11.6 Å². The van der Waals surface area contributed by atoms with Crippen molar-refractivity contribution in [2.75, 3.05) is 0 Å². The molecule has 1 rings (SSSR count). The number of rotatable bonds is 6. The number of aliphatic hydroxyl groups is 1. The van der Waals surface area contributed by atoms with Crippen LogP contribution in [0.5, 0.6) is 0 Å². The lowest BCUT2D eigenvalue weighted by molar-refractivity contribution is -0.143. The van der Waals surface area contributed by atoms with Crippen LogP contribution in [0.4, 0.5) is 0 Å². The topological polar surface area (TPSA) is 57.5 Å². The molecule has 2 N–H and O–H groups in total. The van der Waals surface area contributed by atoms with Gasteiger partial charge < -0.3 is 10.2 Å². The Morgan fingerprint density at radius 3 is 2.56 bits per heavy atom. The number of carboxylic acid groups (broad SMARTS) is 1. The van der Waals surface area contributed by atoms with Crippen molar-refractivity contribution < 1.29 is 15.0 Å². The van der Waals surface area contributed by atoms with Gasteiger partial charge in [-0.05, 0) is 36.5 Å². The van der Waals surface area contributed by atoms with Crippen molar-refractivity contribution in [2.24, 2.45) is 11.8 Å². The van der Waals surface area contributed by atoms with Crippen LogP contribution in [-0.4, -0.2) is 22.3 Å². The lowest BCUT2D eigenvalue weighted by Gasteiger charge is -2.19. The first-order valence-corrected chi connectivity index (χ1v) is 6.43. The van der Waals surface area contributed by atoms with Gasteiger partial charge in [0, 0.05) is 5.02 Å². The number of aliphatic carboxylic acids is 1. The minimum absolute atomic E-state index is 0.0613. The van der Waals surface area contributed by atoms with Crippen molar-refractivity contribution in [1.29, 1.82) is 0 Å². The maximum atomic E-state index is 11.2. The summed E-state index contributed by atoms with van der Waals surface area (Å²) in [7, 11) is 0. The minimum atomic E-state index is -0.880. The van der Waals surface area contributed by atoms with Crippen molar-refractivity contribution >= 4 is 17.6 Å². The Morgan fingerprint density at radius 1 is 1.39 bits per heavy atom. The number of aliphatic hydroxyl groups excluding tert-OH is 1. The van der Waals surface area contributed by atoms with Crippen LogP contribution in [0.15, 0.2) is 24.3 Å². The van der Waals surface area contributed by atoms with Gasteiger partial charge in [-0.1, -0.05) is 37.6 Å². The fraction of sp³-hybridized carbons (Fsp3) is 0.500. The van der Waals surface area contributed by atoms with Gasteiger partial charge in [-0.2, -0.15) is 0 Å². The molecule has 0 aliphatic heterocycles. The Morgan fingerprint density at radius 2 is 2.06 bits per heavy atom. The third-order valence-corrected chi connectivity index (χ3v) is 3.25. The van der Waals surface area contributed by atoms with Gasteiger partial charge in [0.1, 0.15) is 0 Å². The van der Waals surface area contributed by atoms with E-state index in [9.17, 15) is 15.0 Å². The fourth-order valence-corrected chi connectivity index (χ4v) is 2.00. The zero-order valence-electron chi connectivity index (χ0n) is 10.6. The van der Waals surface area contributed by atoms with E-state index in [1.807, 2.05) is 19.9 Å². The van der Waals surface area contributed by atoms with Crippen LogP contribution in [-0.2, 0) is 11.2 Å². The molecule has 0 aliphatic rings. The molecule has 0 radical (unpaired) electrons. The molecule has 0 saturated heterocycles. The van der Waals surface area contributed by atoms with E-state index in [2.05, 4.69) is 0 Å². The number of benzene rings is 1. The maximum Gasteiger partial charge on any atom is 0.306 e. The molecule has 0 heterocycles. The molecule has 100 valence electrons. The van der Waals surface area contributed by atoms with E-state index in [1.54, 1.807) is 18.2 Å². The standard InChI is InChI=1S/C14H19ClO3/c1-9(2)13(16)8-11(14(17)18)6-10-4-3-5-12(15)7-10/h3-5,7,9,11,13,16H,6,8H2,1-2H3,(H,17,18). The number of carboxylic acids is 1. The van der Waals surface area contributed by atoms with Crippen LogP contribution < -0.4 is 0 Å². The third-order valence-electron chi connectivity index (χ3n) is 3.02. The zero-order valence-corrected chi connectivity index (χ0v) is 11.4. The van der Waals surface area contributed by atoms with Gasteiger partial charge in [0.2, 0.25) is 0 Å². The highest BCUT2D eigenvalue weighted by Crippen LogP contribution is 2.20. The summed E-state index contributed by atoms with van der Waals surface area (Å²) in [5, 5.41) is 19.6. The predicted octanol–water partition coefficient (Wildman–Crippen LogP) is 2.99. The van der Waals surface area contributed by atoms with Gasteiger partial charge in [0.15, 0.2) is 0 Å². The lowest BCUT2D eigenvalue weighted by Crippen LogP contribution is -2.25. The molecule has 3 nitrogen and oxygen atoms in total.